The summed E-state index contributed by atoms with van der Waals surface area (Å²) in [5.41, 5.74) is 9.92. The molecule has 1 N–H and O–H groups in total. The first-order valence-electron chi connectivity index (χ1n) is 13.7. The minimum Gasteiger partial charge on any atom is -0.490 e. The highest BCUT2D eigenvalue weighted by Crippen LogP contribution is 2.64. The maximum Gasteiger partial charge on any atom is 0.120 e. The van der Waals surface area contributed by atoms with Crippen molar-refractivity contribution in [3.05, 3.63) is 119 Å². The van der Waals surface area contributed by atoms with Crippen LogP contribution in [0.2, 0.25) is 0 Å². The van der Waals surface area contributed by atoms with E-state index >= 15 is 0 Å². The molecule has 1 saturated heterocycles. The highest BCUT2D eigenvalue weighted by molar-refractivity contribution is 5.90. The van der Waals surface area contributed by atoms with E-state index in [9.17, 15) is 0 Å². The summed E-state index contributed by atoms with van der Waals surface area (Å²) >= 11 is 0. The molecule has 0 radical (unpaired) electrons. The van der Waals surface area contributed by atoms with E-state index in [0.717, 1.165) is 31.4 Å². The number of nitrogens with one attached hydrogen (secondary N) is 1. The minimum absolute atomic E-state index is 0.0208. The molecule has 2 heteroatoms. The first-order chi connectivity index (χ1) is 17.6. The van der Waals surface area contributed by atoms with Crippen molar-refractivity contribution in [2.75, 3.05) is 5.32 Å². The summed E-state index contributed by atoms with van der Waals surface area (Å²) < 4.78 is 6.98. The third-order valence-electron chi connectivity index (χ3n) is 9.96. The van der Waals surface area contributed by atoms with E-state index in [2.05, 4.69) is 104 Å². The molecule has 0 bridgehead atoms. The van der Waals surface area contributed by atoms with Crippen molar-refractivity contribution >= 4 is 11.3 Å². The number of para-hydroxylation sites is 1. The monoisotopic (exact) mass is 471 g/mol. The van der Waals surface area contributed by atoms with Gasteiger partial charge in [-0.3, -0.25) is 0 Å². The molecule has 2 aliphatic heterocycles. The summed E-state index contributed by atoms with van der Waals surface area (Å²) in [5, 5.41) is 3.94. The largest absolute Gasteiger partial charge is 0.490 e. The second kappa shape index (κ2) is 7.16. The molecule has 0 aromatic heterocycles. The Morgan fingerprint density at radius 3 is 2.64 bits per heavy atom. The number of hydrogen-bond acceptors (Lipinski definition) is 2. The Morgan fingerprint density at radius 1 is 0.889 bits per heavy atom. The van der Waals surface area contributed by atoms with E-state index in [1.807, 2.05) is 0 Å². The van der Waals surface area contributed by atoms with Crippen LogP contribution in [0.3, 0.4) is 0 Å². The molecule has 6 aliphatic rings. The number of benzene rings is 2. The van der Waals surface area contributed by atoms with Gasteiger partial charge in [0, 0.05) is 28.5 Å². The van der Waals surface area contributed by atoms with Crippen LogP contribution >= 0.6 is 0 Å². The Morgan fingerprint density at radius 2 is 1.72 bits per heavy atom. The lowest BCUT2D eigenvalue weighted by atomic mass is 9.55. The summed E-state index contributed by atoms with van der Waals surface area (Å²) in [6.45, 7) is 4.81. The molecule has 36 heavy (non-hydrogen) atoms. The second-order valence-electron chi connectivity index (χ2n) is 11.9. The van der Waals surface area contributed by atoms with Gasteiger partial charge in [0.25, 0.3) is 0 Å². The van der Waals surface area contributed by atoms with Crippen molar-refractivity contribution in [3.63, 3.8) is 0 Å². The minimum atomic E-state index is -0.143. The third kappa shape index (κ3) is 2.48. The normalized spacial score (nSPS) is 34.2. The zero-order chi connectivity index (χ0) is 24.1. The van der Waals surface area contributed by atoms with Crippen LogP contribution in [-0.2, 0) is 15.6 Å². The molecule has 1 spiro atoms. The summed E-state index contributed by atoms with van der Waals surface area (Å²) in [6.07, 6.45) is 19.4. The van der Waals surface area contributed by atoms with E-state index < -0.39 is 0 Å². The molecule has 5 atom stereocenters. The van der Waals surface area contributed by atoms with Crippen molar-refractivity contribution in [2.45, 2.75) is 62.5 Å². The van der Waals surface area contributed by atoms with Gasteiger partial charge in [-0.25, -0.2) is 0 Å². The average Bonchev–Trinajstić information content (AvgIpc) is 3.20. The number of rotatable bonds is 0. The van der Waals surface area contributed by atoms with Gasteiger partial charge in [0.2, 0.25) is 0 Å². The fourth-order valence-corrected chi connectivity index (χ4v) is 8.41. The van der Waals surface area contributed by atoms with Crippen molar-refractivity contribution in [1.82, 2.24) is 0 Å². The van der Waals surface area contributed by atoms with Gasteiger partial charge in [-0.15, -0.1) is 0 Å². The fourth-order valence-electron chi connectivity index (χ4n) is 8.41. The first-order valence-corrected chi connectivity index (χ1v) is 13.7. The first kappa shape index (κ1) is 20.9. The molecule has 0 amide bonds. The van der Waals surface area contributed by atoms with Crippen LogP contribution in [-0.4, -0.2) is 12.1 Å². The molecule has 1 fully saturated rings. The topological polar surface area (TPSA) is 21.3 Å². The Balaban J connectivity index is 1.40. The highest BCUT2D eigenvalue weighted by Gasteiger charge is 2.59. The van der Waals surface area contributed by atoms with Crippen LogP contribution in [0.4, 0.5) is 5.69 Å². The molecular formula is C34H33NO. The number of fused-ring (bicyclic) bond motifs is 10. The van der Waals surface area contributed by atoms with Crippen LogP contribution in [0.25, 0.3) is 5.57 Å². The van der Waals surface area contributed by atoms with Gasteiger partial charge in [0.15, 0.2) is 0 Å². The maximum absolute atomic E-state index is 6.98. The molecule has 2 nitrogen and oxygen atoms in total. The van der Waals surface area contributed by atoms with E-state index in [1.165, 1.54) is 33.5 Å². The Kier molecular flexibility index (Phi) is 4.15. The van der Waals surface area contributed by atoms with Crippen molar-refractivity contribution < 1.29 is 4.74 Å². The summed E-state index contributed by atoms with van der Waals surface area (Å²) in [6, 6.07) is 18.3. The summed E-state index contributed by atoms with van der Waals surface area (Å²) in [7, 11) is 0. The number of allylic oxidation sites excluding steroid dienone is 6. The number of ether oxygens (including phenoxy) is 1. The van der Waals surface area contributed by atoms with Gasteiger partial charge >= 0.3 is 0 Å². The standard InChI is InChI=1S/C34H33NO/c1-33(2)25-15-7-9-17-29(25)35-30-19-28-32(20-27(30)33)36-31-18-10-8-16-26(31)34(28)23-13-5-3-11-21(23)22-12-4-6-14-24(22)34/h3-5,7-9,11-13,15-17,19-20,26-27,30-31,35H,6,10,14,18H2,1-2H3. The molecule has 4 aliphatic carbocycles. The van der Waals surface area contributed by atoms with E-state index in [-0.39, 0.29) is 23.0 Å². The molecule has 2 heterocycles. The van der Waals surface area contributed by atoms with Gasteiger partial charge < -0.3 is 10.1 Å². The zero-order valence-corrected chi connectivity index (χ0v) is 21.1. The molecule has 5 unspecified atom stereocenters. The molecule has 0 saturated carbocycles. The molecule has 180 valence electrons. The molecule has 2 aromatic carbocycles. The van der Waals surface area contributed by atoms with Crippen LogP contribution < -0.4 is 5.32 Å². The summed E-state index contributed by atoms with van der Waals surface area (Å²) in [5.74, 6) is 1.81. The number of anilines is 1. The van der Waals surface area contributed by atoms with E-state index in [0.29, 0.717) is 11.8 Å². The van der Waals surface area contributed by atoms with Crippen LogP contribution in [0.5, 0.6) is 0 Å². The lowest BCUT2D eigenvalue weighted by Crippen LogP contribution is -2.53. The van der Waals surface area contributed by atoms with Crippen molar-refractivity contribution in [2.24, 2.45) is 11.8 Å². The van der Waals surface area contributed by atoms with Gasteiger partial charge in [0.05, 0.1) is 11.5 Å². The Hall–Kier alpha value is -3.26. The third-order valence-corrected chi connectivity index (χ3v) is 9.96. The number of hydrogen-bond donors (Lipinski definition) is 1. The lowest BCUT2D eigenvalue weighted by molar-refractivity contribution is 0.0215. The Labute approximate surface area is 214 Å². The van der Waals surface area contributed by atoms with Crippen molar-refractivity contribution in [1.29, 1.82) is 0 Å². The van der Waals surface area contributed by atoms with Gasteiger partial charge in [-0.1, -0.05) is 86.7 Å². The average molecular weight is 472 g/mol. The van der Waals surface area contributed by atoms with Gasteiger partial charge in [-0.05, 0) is 65.7 Å². The maximum atomic E-state index is 6.98. The highest BCUT2D eigenvalue weighted by atomic mass is 16.5. The van der Waals surface area contributed by atoms with Crippen LogP contribution in [0, 0.1) is 11.8 Å². The Bertz CT molecular complexity index is 1450. The van der Waals surface area contributed by atoms with E-state index in [1.54, 1.807) is 5.57 Å². The SMILES string of the molecule is CC1(C)c2ccccc2NC2C=C3C(=CC21)OC1CCC=CC1C31C2=C(C=CCC2)c2ccccc21. The van der Waals surface area contributed by atoms with Gasteiger partial charge in [0.1, 0.15) is 11.9 Å². The summed E-state index contributed by atoms with van der Waals surface area (Å²) in [4.78, 5) is 0. The molecular weight excluding hydrogens is 438 g/mol. The van der Waals surface area contributed by atoms with Crippen LogP contribution in [0.15, 0.2) is 102 Å². The second-order valence-corrected chi connectivity index (χ2v) is 11.9. The van der Waals surface area contributed by atoms with Gasteiger partial charge in [-0.2, -0.15) is 0 Å². The fraction of sp³-hybridized carbons (Fsp3) is 0.353. The van der Waals surface area contributed by atoms with Crippen LogP contribution in [0.1, 0.15) is 56.2 Å². The molecule has 2 aromatic rings. The quantitative estimate of drug-likeness (QED) is 0.399. The van der Waals surface area contributed by atoms with Crippen molar-refractivity contribution in [3.8, 4) is 0 Å². The van der Waals surface area contributed by atoms with E-state index in [4.69, 9.17) is 4.74 Å². The zero-order valence-electron chi connectivity index (χ0n) is 21.1. The predicted octanol–water partition coefficient (Wildman–Crippen LogP) is 7.62. The lowest BCUT2D eigenvalue weighted by Gasteiger charge is -2.54. The smallest absolute Gasteiger partial charge is 0.120 e. The molecule has 8 rings (SSSR count). The predicted molar refractivity (Wildman–Crippen MR) is 147 cm³/mol.